The van der Waals surface area contributed by atoms with Crippen molar-refractivity contribution in [3.05, 3.63) is 105 Å². The Kier molecular flexibility index (Phi) is 5.24. The lowest BCUT2D eigenvalue weighted by molar-refractivity contribution is -0.135. The Morgan fingerprint density at radius 1 is 0.450 bits per heavy atom. The Morgan fingerprint density at radius 3 is 1.20 bits per heavy atom. The molecule has 0 bridgehead atoms. The van der Waals surface area contributed by atoms with Crippen LogP contribution in [0.15, 0.2) is 95.7 Å². The van der Waals surface area contributed by atoms with E-state index in [2.05, 4.69) is 0 Å². The van der Waals surface area contributed by atoms with E-state index in [0.29, 0.717) is 11.4 Å². The highest BCUT2D eigenvalue weighted by molar-refractivity contribution is 7.10. The van der Waals surface area contributed by atoms with E-state index in [0.717, 1.165) is 9.75 Å². The van der Waals surface area contributed by atoms with Crippen molar-refractivity contribution in [2.75, 3.05) is 9.80 Å². The van der Waals surface area contributed by atoms with Crippen molar-refractivity contribution in [3.8, 4) is 0 Å². The third kappa shape index (κ3) is 3.07. The van der Waals surface area contributed by atoms with Crippen LogP contribution in [0.25, 0.3) is 0 Å². The summed E-state index contributed by atoms with van der Waals surface area (Å²) in [4.78, 5) is 61.0. The second kappa shape index (κ2) is 8.77. The summed E-state index contributed by atoms with van der Waals surface area (Å²) < 4.78 is 0. The van der Waals surface area contributed by atoms with Crippen molar-refractivity contribution in [2.45, 2.75) is 24.2 Å². The first kappa shape index (κ1) is 23.9. The molecule has 8 nitrogen and oxygen atoms in total. The molecule has 4 aliphatic rings. The molecular formula is C30H22N4O4S2. The normalized spacial score (nSPS) is 29.9. The average molecular weight is 567 g/mol. The van der Waals surface area contributed by atoms with Crippen LogP contribution < -0.4 is 9.80 Å². The van der Waals surface area contributed by atoms with Gasteiger partial charge in [-0.15, -0.1) is 22.7 Å². The largest absolute Gasteiger partial charge is 0.274 e. The van der Waals surface area contributed by atoms with Crippen LogP contribution in [0.2, 0.25) is 0 Å². The van der Waals surface area contributed by atoms with E-state index in [1.165, 1.54) is 32.5 Å². The smallest absolute Gasteiger partial charge is 0.253 e. The Morgan fingerprint density at radius 2 is 0.850 bits per heavy atom. The summed E-state index contributed by atoms with van der Waals surface area (Å²) in [6, 6.07) is 22.9. The highest BCUT2D eigenvalue weighted by Gasteiger charge is 2.74. The zero-order valence-corrected chi connectivity index (χ0v) is 22.6. The Hall–Kier alpha value is -3.96. The van der Waals surface area contributed by atoms with Crippen LogP contribution >= 0.6 is 22.7 Å². The molecule has 40 heavy (non-hydrogen) atoms. The van der Waals surface area contributed by atoms with Gasteiger partial charge >= 0.3 is 0 Å². The van der Waals surface area contributed by atoms with Gasteiger partial charge in [-0.25, -0.2) is 19.8 Å². The van der Waals surface area contributed by atoms with Crippen LogP contribution in [0.3, 0.4) is 0 Å². The summed E-state index contributed by atoms with van der Waals surface area (Å²) in [5.41, 5.74) is 1.05. The number of fused-ring (bicyclic) bond motifs is 5. The molecule has 0 N–H and O–H groups in total. The average Bonchev–Trinajstić information content (AvgIpc) is 3.80. The molecule has 4 aliphatic heterocycles. The molecule has 2 aromatic heterocycles. The number of hydrazine groups is 1. The summed E-state index contributed by atoms with van der Waals surface area (Å²) in [6.45, 7) is 0. The SMILES string of the molecule is O=C1[C@H]2[C@@H](c3cccs3)N3[C@H]4C(=O)N(c5ccccc5)C(=O)[C@H]4[C@@H](c4cccs4)N3[C@H]2C(=O)N1c1ccccc1. The van der Waals surface area contributed by atoms with Gasteiger partial charge < -0.3 is 0 Å². The van der Waals surface area contributed by atoms with E-state index in [1.807, 2.05) is 57.2 Å². The zero-order chi connectivity index (χ0) is 27.1. The van der Waals surface area contributed by atoms with Gasteiger partial charge in [0.1, 0.15) is 12.1 Å². The molecule has 6 heterocycles. The van der Waals surface area contributed by atoms with Crippen LogP contribution in [0.4, 0.5) is 11.4 Å². The molecular weight excluding hydrogens is 544 g/mol. The lowest BCUT2D eigenvalue weighted by Gasteiger charge is -2.35. The van der Waals surface area contributed by atoms with E-state index < -0.39 is 36.0 Å². The number of carbonyl (C=O) groups excluding carboxylic acids is 4. The molecule has 2 aromatic carbocycles. The first-order valence-electron chi connectivity index (χ1n) is 13.1. The van der Waals surface area contributed by atoms with Gasteiger partial charge in [-0.2, -0.15) is 0 Å². The van der Waals surface area contributed by atoms with Gasteiger partial charge in [0, 0.05) is 9.75 Å². The van der Waals surface area contributed by atoms with Gasteiger partial charge in [0.2, 0.25) is 11.8 Å². The lowest BCUT2D eigenvalue weighted by atomic mass is 9.88. The number of benzene rings is 2. The molecule has 0 aliphatic carbocycles. The number of para-hydroxylation sites is 2. The van der Waals surface area contributed by atoms with Gasteiger partial charge in [0.25, 0.3) is 11.8 Å². The molecule has 0 unspecified atom stereocenters. The summed E-state index contributed by atoms with van der Waals surface area (Å²) >= 11 is 2.99. The third-order valence-electron chi connectivity index (χ3n) is 8.42. The maximum absolute atomic E-state index is 14.2. The van der Waals surface area contributed by atoms with Crippen LogP contribution in [-0.2, 0) is 19.2 Å². The minimum absolute atomic E-state index is 0.285. The van der Waals surface area contributed by atoms with Crippen LogP contribution in [0.1, 0.15) is 21.8 Å². The number of hydrogen-bond acceptors (Lipinski definition) is 8. The van der Waals surface area contributed by atoms with Gasteiger partial charge in [-0.05, 0) is 47.2 Å². The number of hydrogen-bond donors (Lipinski definition) is 0. The lowest BCUT2D eigenvalue weighted by Crippen LogP contribution is -2.50. The van der Waals surface area contributed by atoms with Crippen molar-refractivity contribution in [1.82, 2.24) is 10.0 Å². The quantitative estimate of drug-likeness (QED) is 0.344. The fraction of sp³-hybridized carbons (Fsp3) is 0.200. The van der Waals surface area contributed by atoms with E-state index in [9.17, 15) is 19.2 Å². The molecule has 6 atom stereocenters. The molecule has 4 aromatic rings. The highest BCUT2D eigenvalue weighted by atomic mass is 32.1. The number of amides is 4. The predicted octanol–water partition coefficient (Wildman–Crippen LogP) is 4.25. The molecule has 0 saturated carbocycles. The fourth-order valence-corrected chi connectivity index (χ4v) is 8.71. The number of nitrogens with zero attached hydrogens (tertiary/aromatic N) is 4. The molecule has 0 radical (unpaired) electrons. The van der Waals surface area contributed by atoms with E-state index in [4.69, 9.17) is 0 Å². The third-order valence-corrected chi connectivity index (χ3v) is 10.3. The van der Waals surface area contributed by atoms with Crippen molar-refractivity contribution in [2.24, 2.45) is 11.8 Å². The summed E-state index contributed by atoms with van der Waals surface area (Å²) in [5.74, 6) is -2.66. The van der Waals surface area contributed by atoms with Crippen molar-refractivity contribution in [3.63, 3.8) is 0 Å². The number of carbonyl (C=O) groups is 4. The molecule has 4 amide bonds. The zero-order valence-electron chi connectivity index (χ0n) is 20.9. The number of imide groups is 2. The van der Waals surface area contributed by atoms with Gasteiger partial charge in [0.05, 0.1) is 35.3 Å². The molecule has 10 heteroatoms. The second-order valence-corrected chi connectivity index (χ2v) is 12.3. The Labute approximate surface area is 237 Å². The van der Waals surface area contributed by atoms with Crippen molar-refractivity contribution >= 4 is 57.7 Å². The summed E-state index contributed by atoms with van der Waals surface area (Å²) in [7, 11) is 0. The minimum Gasteiger partial charge on any atom is -0.274 e. The first-order valence-corrected chi connectivity index (χ1v) is 14.8. The first-order chi connectivity index (χ1) is 19.6. The van der Waals surface area contributed by atoms with Crippen LogP contribution in [0, 0.1) is 11.8 Å². The second-order valence-electron chi connectivity index (χ2n) is 10.3. The monoisotopic (exact) mass is 566 g/mol. The molecule has 198 valence electrons. The maximum Gasteiger partial charge on any atom is 0.253 e. The highest BCUT2D eigenvalue weighted by Crippen LogP contribution is 2.60. The Bertz CT molecular complexity index is 1520. The van der Waals surface area contributed by atoms with Gasteiger partial charge in [-0.3, -0.25) is 19.2 Å². The topological polar surface area (TPSA) is 81.2 Å². The van der Waals surface area contributed by atoms with Gasteiger partial charge in [-0.1, -0.05) is 48.5 Å². The minimum atomic E-state index is -0.830. The maximum atomic E-state index is 14.2. The van der Waals surface area contributed by atoms with Crippen LogP contribution in [-0.4, -0.2) is 45.7 Å². The summed E-state index contributed by atoms with van der Waals surface area (Å²) in [5, 5.41) is 7.70. The Balaban J connectivity index is 1.32. The van der Waals surface area contributed by atoms with E-state index >= 15 is 0 Å². The number of thiophene rings is 2. The summed E-state index contributed by atoms with van der Waals surface area (Å²) in [6.07, 6.45) is 0. The predicted molar refractivity (Wildman–Crippen MR) is 150 cm³/mol. The number of rotatable bonds is 4. The van der Waals surface area contributed by atoms with Crippen molar-refractivity contribution < 1.29 is 19.2 Å². The van der Waals surface area contributed by atoms with E-state index in [-0.39, 0.29) is 23.6 Å². The van der Waals surface area contributed by atoms with Crippen LogP contribution in [0.5, 0.6) is 0 Å². The van der Waals surface area contributed by atoms with Crippen molar-refractivity contribution in [1.29, 1.82) is 0 Å². The molecule has 4 saturated heterocycles. The standard InChI is InChI=1S/C30H22N4O4S2/c35-27-21-23(19-13-7-15-39-19)34-26-22(28(36)32(30(26)38)18-11-5-2-6-12-18)24(20-14-8-16-40-20)33(34)25(21)29(37)31(27)17-9-3-1-4-10-17/h1-16,21-26H/t21-,22-,23+,24+,25+,26+/m0/s1. The molecule has 0 spiro atoms. The molecule has 8 rings (SSSR count). The number of anilines is 2. The van der Waals surface area contributed by atoms with Gasteiger partial charge in [0.15, 0.2) is 0 Å². The molecule has 4 fully saturated rings. The van der Waals surface area contributed by atoms with E-state index in [1.54, 1.807) is 48.5 Å². The fourth-order valence-electron chi connectivity index (χ4n) is 6.97.